The SMILES string of the molecule is COC(=O)C1CN(C)CCN1C(=O)C(OC(C)=O)C(C)(C)C. The number of amides is 1. The minimum absolute atomic E-state index is 0.355. The second-order valence-corrected chi connectivity index (χ2v) is 6.69. The topological polar surface area (TPSA) is 76.2 Å². The first-order valence-electron chi connectivity index (χ1n) is 7.32. The second kappa shape index (κ2) is 7.09. The van der Waals surface area contributed by atoms with Gasteiger partial charge in [-0.3, -0.25) is 9.59 Å². The Morgan fingerprint density at radius 2 is 1.77 bits per heavy atom. The summed E-state index contributed by atoms with van der Waals surface area (Å²) in [4.78, 5) is 39.6. The molecule has 1 amide bonds. The quantitative estimate of drug-likeness (QED) is 0.697. The van der Waals surface area contributed by atoms with Gasteiger partial charge in [-0.2, -0.15) is 0 Å². The third-order valence-corrected chi connectivity index (χ3v) is 3.63. The van der Waals surface area contributed by atoms with E-state index in [4.69, 9.17) is 9.47 Å². The van der Waals surface area contributed by atoms with Crippen molar-refractivity contribution in [2.24, 2.45) is 5.41 Å². The van der Waals surface area contributed by atoms with Crippen LogP contribution in [0, 0.1) is 5.41 Å². The van der Waals surface area contributed by atoms with Crippen LogP contribution < -0.4 is 0 Å². The van der Waals surface area contributed by atoms with Crippen molar-refractivity contribution in [3.05, 3.63) is 0 Å². The molecule has 1 fully saturated rings. The van der Waals surface area contributed by atoms with Crippen molar-refractivity contribution in [1.82, 2.24) is 9.80 Å². The zero-order valence-corrected chi connectivity index (χ0v) is 14.2. The van der Waals surface area contributed by atoms with Gasteiger partial charge in [0.1, 0.15) is 6.04 Å². The van der Waals surface area contributed by atoms with Gasteiger partial charge in [0.15, 0.2) is 6.10 Å². The van der Waals surface area contributed by atoms with Crippen LogP contribution in [0.4, 0.5) is 0 Å². The molecule has 0 spiro atoms. The molecule has 0 saturated carbocycles. The molecule has 0 bridgehead atoms. The van der Waals surface area contributed by atoms with E-state index in [0.717, 1.165) is 0 Å². The maximum absolute atomic E-state index is 12.8. The Kier molecular flexibility index (Phi) is 5.93. The molecule has 126 valence electrons. The van der Waals surface area contributed by atoms with E-state index in [1.807, 2.05) is 32.7 Å². The maximum Gasteiger partial charge on any atom is 0.329 e. The van der Waals surface area contributed by atoms with Crippen LogP contribution in [0.5, 0.6) is 0 Å². The third kappa shape index (κ3) is 4.43. The maximum atomic E-state index is 12.8. The van der Waals surface area contributed by atoms with Crippen molar-refractivity contribution in [2.45, 2.75) is 39.8 Å². The smallest absolute Gasteiger partial charge is 0.329 e. The average molecular weight is 314 g/mol. The van der Waals surface area contributed by atoms with Gasteiger partial charge >= 0.3 is 11.9 Å². The van der Waals surface area contributed by atoms with Crippen LogP contribution in [-0.2, 0) is 23.9 Å². The number of carbonyl (C=O) groups excluding carboxylic acids is 3. The Morgan fingerprint density at radius 3 is 2.23 bits per heavy atom. The molecule has 0 aliphatic carbocycles. The highest BCUT2D eigenvalue weighted by molar-refractivity contribution is 5.89. The Morgan fingerprint density at radius 1 is 1.18 bits per heavy atom. The number of hydrogen-bond donors (Lipinski definition) is 0. The first-order chi connectivity index (χ1) is 10.1. The van der Waals surface area contributed by atoms with E-state index in [-0.39, 0.29) is 5.91 Å². The van der Waals surface area contributed by atoms with Crippen LogP contribution in [0.1, 0.15) is 27.7 Å². The van der Waals surface area contributed by atoms with Crippen LogP contribution in [0.3, 0.4) is 0 Å². The zero-order chi connectivity index (χ0) is 17.1. The predicted octanol–water partition coefficient (Wildman–Crippen LogP) is 0.280. The Labute approximate surface area is 131 Å². The number of esters is 2. The molecule has 7 heteroatoms. The molecule has 2 unspecified atom stereocenters. The fraction of sp³-hybridized carbons (Fsp3) is 0.800. The van der Waals surface area contributed by atoms with Crippen molar-refractivity contribution >= 4 is 17.8 Å². The molecule has 1 saturated heterocycles. The highest BCUT2D eigenvalue weighted by atomic mass is 16.5. The predicted molar refractivity (Wildman–Crippen MR) is 80.0 cm³/mol. The van der Waals surface area contributed by atoms with Crippen molar-refractivity contribution in [3.8, 4) is 0 Å². The summed E-state index contributed by atoms with van der Waals surface area (Å²) in [6.07, 6.45) is -0.930. The number of methoxy groups -OCH3 is 1. The van der Waals surface area contributed by atoms with Crippen LogP contribution in [0.15, 0.2) is 0 Å². The molecule has 1 heterocycles. The van der Waals surface area contributed by atoms with Gasteiger partial charge in [-0.25, -0.2) is 4.79 Å². The highest BCUT2D eigenvalue weighted by Gasteiger charge is 2.43. The lowest BCUT2D eigenvalue weighted by molar-refractivity contribution is -0.172. The summed E-state index contributed by atoms with van der Waals surface area (Å²) in [5.41, 5.74) is -0.563. The summed E-state index contributed by atoms with van der Waals surface area (Å²) in [6.45, 7) is 8.17. The van der Waals surface area contributed by atoms with E-state index < -0.39 is 29.5 Å². The molecule has 2 atom stereocenters. The fourth-order valence-corrected chi connectivity index (χ4v) is 2.44. The summed E-state index contributed by atoms with van der Waals surface area (Å²) >= 11 is 0. The number of piperazine rings is 1. The van der Waals surface area contributed by atoms with Crippen molar-refractivity contribution < 1.29 is 23.9 Å². The Bertz CT molecular complexity index is 444. The minimum atomic E-state index is -0.930. The molecular weight excluding hydrogens is 288 g/mol. The molecular formula is C15H26N2O5. The normalized spacial score (nSPS) is 21.2. The molecule has 0 aromatic rings. The standard InChI is InChI=1S/C15H26N2O5/c1-10(18)22-12(15(2,3)4)13(19)17-8-7-16(5)9-11(17)14(20)21-6/h11-12H,7-9H2,1-6H3. The van der Waals surface area contributed by atoms with Gasteiger partial charge in [0.2, 0.25) is 0 Å². The van der Waals surface area contributed by atoms with Gasteiger partial charge < -0.3 is 19.3 Å². The number of likely N-dealkylation sites (N-methyl/N-ethyl adjacent to an activating group) is 1. The van der Waals surface area contributed by atoms with Crippen molar-refractivity contribution in [1.29, 1.82) is 0 Å². The van der Waals surface area contributed by atoms with Crippen molar-refractivity contribution in [3.63, 3.8) is 0 Å². The van der Waals surface area contributed by atoms with E-state index in [1.54, 1.807) is 0 Å². The summed E-state index contributed by atoms with van der Waals surface area (Å²) < 4.78 is 10.0. The molecule has 1 aliphatic heterocycles. The molecule has 1 rings (SSSR count). The molecule has 0 aromatic heterocycles. The van der Waals surface area contributed by atoms with E-state index in [1.165, 1.54) is 18.9 Å². The first-order valence-corrected chi connectivity index (χ1v) is 7.32. The fourth-order valence-electron chi connectivity index (χ4n) is 2.44. The van der Waals surface area contributed by atoms with E-state index >= 15 is 0 Å². The molecule has 7 nitrogen and oxygen atoms in total. The number of rotatable bonds is 3. The molecule has 0 radical (unpaired) electrons. The minimum Gasteiger partial charge on any atom is -0.467 e. The van der Waals surface area contributed by atoms with Gasteiger partial charge in [0.05, 0.1) is 7.11 Å². The first kappa shape index (κ1) is 18.4. The average Bonchev–Trinajstić information content (AvgIpc) is 2.41. The number of ether oxygens (including phenoxy) is 2. The van der Waals surface area contributed by atoms with Crippen LogP contribution in [0.2, 0.25) is 0 Å². The summed E-state index contributed by atoms with van der Waals surface area (Å²) in [5.74, 6) is -1.33. The third-order valence-electron chi connectivity index (χ3n) is 3.63. The molecule has 22 heavy (non-hydrogen) atoms. The Balaban J connectivity index is 3.03. The van der Waals surface area contributed by atoms with E-state index in [9.17, 15) is 14.4 Å². The number of hydrogen-bond acceptors (Lipinski definition) is 6. The van der Waals surface area contributed by atoms with Gasteiger partial charge in [-0.15, -0.1) is 0 Å². The molecule has 0 N–H and O–H groups in total. The van der Waals surface area contributed by atoms with Crippen LogP contribution in [-0.4, -0.2) is 73.6 Å². The van der Waals surface area contributed by atoms with Crippen molar-refractivity contribution in [2.75, 3.05) is 33.8 Å². The number of carbonyl (C=O) groups is 3. The summed E-state index contributed by atoms with van der Waals surface area (Å²) in [7, 11) is 3.18. The highest BCUT2D eigenvalue weighted by Crippen LogP contribution is 2.26. The lowest BCUT2D eigenvalue weighted by atomic mass is 9.87. The molecule has 0 aromatic carbocycles. The zero-order valence-electron chi connectivity index (χ0n) is 14.2. The second-order valence-electron chi connectivity index (χ2n) is 6.69. The van der Waals surface area contributed by atoms with Gasteiger partial charge in [-0.1, -0.05) is 20.8 Å². The van der Waals surface area contributed by atoms with Gasteiger partial charge in [-0.05, 0) is 7.05 Å². The molecule has 1 aliphatic rings. The summed E-state index contributed by atoms with van der Waals surface area (Å²) in [6, 6.07) is -0.684. The number of nitrogens with zero attached hydrogens (tertiary/aromatic N) is 2. The van der Waals surface area contributed by atoms with Gasteiger partial charge in [0.25, 0.3) is 5.91 Å². The van der Waals surface area contributed by atoms with Crippen LogP contribution >= 0.6 is 0 Å². The monoisotopic (exact) mass is 314 g/mol. The Hall–Kier alpha value is -1.63. The van der Waals surface area contributed by atoms with Crippen LogP contribution in [0.25, 0.3) is 0 Å². The lowest BCUT2D eigenvalue weighted by Crippen LogP contribution is -2.61. The van der Waals surface area contributed by atoms with E-state index in [2.05, 4.69) is 0 Å². The lowest BCUT2D eigenvalue weighted by Gasteiger charge is -2.41. The summed E-state index contributed by atoms with van der Waals surface area (Å²) in [5, 5.41) is 0. The largest absolute Gasteiger partial charge is 0.467 e. The van der Waals surface area contributed by atoms with E-state index in [0.29, 0.717) is 19.6 Å². The van der Waals surface area contributed by atoms with Gasteiger partial charge in [0, 0.05) is 32.0 Å².